The standard InChI is InChI=1S/C13H14O3.C7H10O4/c14-13-6-12(16-13)8-15-7-9-1-2-10-3-4-11(10)5-9;8-7-1-5(11-7)2-9-3-6-4-10-6/h1-2,5,12H,3-4,6-8H2;5-6H,1-4H2. The highest BCUT2D eigenvalue weighted by Gasteiger charge is 2.30. The molecule has 3 unspecified atom stereocenters. The van der Waals surface area contributed by atoms with Crippen LogP contribution in [0.3, 0.4) is 0 Å². The normalized spacial score (nSPS) is 26.9. The lowest BCUT2D eigenvalue weighted by atomic mass is 9.87. The van der Waals surface area contributed by atoms with Crippen molar-refractivity contribution < 1.29 is 33.3 Å². The molecule has 3 aliphatic heterocycles. The average Bonchev–Trinajstić information content (AvgIpc) is 3.39. The van der Waals surface area contributed by atoms with Crippen molar-refractivity contribution in [3.05, 3.63) is 34.9 Å². The molecule has 1 aromatic rings. The lowest BCUT2D eigenvalue weighted by Crippen LogP contribution is -2.36. The Hall–Kier alpha value is -1.96. The molecule has 0 N–H and O–H groups in total. The summed E-state index contributed by atoms with van der Waals surface area (Å²) in [5, 5.41) is 0. The van der Waals surface area contributed by atoms with Gasteiger partial charge in [-0.25, -0.2) is 0 Å². The summed E-state index contributed by atoms with van der Waals surface area (Å²) in [5.74, 6) is -0.240. The molecule has 7 heteroatoms. The number of hydrogen-bond donors (Lipinski definition) is 0. The highest BCUT2D eigenvalue weighted by Crippen LogP contribution is 2.24. The van der Waals surface area contributed by atoms with Crippen LogP contribution in [0.15, 0.2) is 18.2 Å². The van der Waals surface area contributed by atoms with Crippen molar-refractivity contribution in [3.8, 4) is 0 Å². The largest absolute Gasteiger partial charge is 0.459 e. The molecule has 1 aromatic carbocycles. The van der Waals surface area contributed by atoms with Gasteiger partial charge in [0.2, 0.25) is 0 Å². The zero-order valence-corrected chi connectivity index (χ0v) is 15.2. The fraction of sp³-hybridized carbons (Fsp3) is 0.600. The zero-order valence-electron chi connectivity index (χ0n) is 15.2. The molecule has 1 aliphatic carbocycles. The summed E-state index contributed by atoms with van der Waals surface area (Å²) in [6.07, 6.45) is 3.71. The number of carbonyl (C=O) groups is 2. The summed E-state index contributed by atoms with van der Waals surface area (Å²) in [5.41, 5.74) is 4.14. The van der Waals surface area contributed by atoms with E-state index in [-0.39, 0.29) is 24.1 Å². The second-order valence-corrected chi connectivity index (χ2v) is 7.24. The van der Waals surface area contributed by atoms with Gasteiger partial charge in [0, 0.05) is 0 Å². The number of esters is 2. The molecule has 0 radical (unpaired) electrons. The Morgan fingerprint density at radius 2 is 1.44 bits per heavy atom. The summed E-state index contributed by atoms with van der Waals surface area (Å²) < 4.78 is 25.3. The van der Waals surface area contributed by atoms with E-state index in [4.69, 9.17) is 23.7 Å². The van der Waals surface area contributed by atoms with E-state index in [0.29, 0.717) is 45.4 Å². The van der Waals surface area contributed by atoms with E-state index in [1.165, 1.54) is 29.5 Å². The molecule has 0 saturated carbocycles. The van der Waals surface area contributed by atoms with Crippen LogP contribution in [-0.4, -0.2) is 56.7 Å². The van der Waals surface area contributed by atoms with E-state index < -0.39 is 0 Å². The quantitative estimate of drug-likeness (QED) is 0.500. The molecule has 3 fully saturated rings. The minimum atomic E-state index is -0.124. The second-order valence-electron chi connectivity index (χ2n) is 7.24. The van der Waals surface area contributed by atoms with E-state index in [2.05, 4.69) is 18.2 Å². The maximum Gasteiger partial charge on any atom is 0.310 e. The third kappa shape index (κ3) is 5.28. The zero-order chi connectivity index (χ0) is 18.6. The Balaban J connectivity index is 0.000000143. The van der Waals surface area contributed by atoms with Crippen molar-refractivity contribution in [1.82, 2.24) is 0 Å². The molecule has 0 aromatic heterocycles. The molecule has 0 spiro atoms. The Kier molecular flexibility index (Phi) is 5.71. The van der Waals surface area contributed by atoms with E-state index in [1.54, 1.807) is 0 Å². The van der Waals surface area contributed by atoms with E-state index >= 15 is 0 Å². The van der Waals surface area contributed by atoms with Gasteiger partial charge in [-0.1, -0.05) is 18.2 Å². The molecule has 3 atom stereocenters. The van der Waals surface area contributed by atoms with Crippen molar-refractivity contribution >= 4 is 11.9 Å². The van der Waals surface area contributed by atoms with E-state index in [1.807, 2.05) is 0 Å². The Bertz CT molecular complexity index is 682. The van der Waals surface area contributed by atoms with Crippen molar-refractivity contribution in [3.63, 3.8) is 0 Å². The number of ether oxygens (including phenoxy) is 5. The van der Waals surface area contributed by atoms with Crippen LogP contribution in [0.5, 0.6) is 0 Å². The SMILES string of the molecule is O=C1CC(COCC2CO2)O1.O=C1CC(COCc2ccc3c(c2)CC3)O1. The van der Waals surface area contributed by atoms with Gasteiger partial charge in [-0.3, -0.25) is 9.59 Å². The molecule has 3 saturated heterocycles. The molecule has 146 valence electrons. The van der Waals surface area contributed by atoms with Crippen molar-refractivity contribution in [2.45, 2.75) is 50.6 Å². The number of epoxide rings is 1. The van der Waals surface area contributed by atoms with Crippen LogP contribution in [0, 0.1) is 0 Å². The number of cyclic esters (lactones) is 2. The highest BCUT2D eigenvalue weighted by atomic mass is 16.6. The topological polar surface area (TPSA) is 83.6 Å². The number of carbonyl (C=O) groups excluding carboxylic acids is 2. The first kappa shape index (κ1) is 18.4. The summed E-state index contributed by atoms with van der Waals surface area (Å²) in [6.45, 7) is 3.09. The first-order chi connectivity index (χ1) is 13.2. The first-order valence-electron chi connectivity index (χ1n) is 9.42. The van der Waals surface area contributed by atoms with Gasteiger partial charge < -0.3 is 23.7 Å². The molecule has 27 heavy (non-hydrogen) atoms. The molecule has 0 amide bonds. The average molecular weight is 376 g/mol. The third-order valence-electron chi connectivity index (χ3n) is 4.90. The van der Waals surface area contributed by atoms with Gasteiger partial charge in [-0.2, -0.15) is 0 Å². The van der Waals surface area contributed by atoms with Crippen LogP contribution >= 0.6 is 0 Å². The minimum Gasteiger partial charge on any atom is -0.459 e. The Morgan fingerprint density at radius 3 is 1.96 bits per heavy atom. The van der Waals surface area contributed by atoms with Gasteiger partial charge in [0.25, 0.3) is 0 Å². The minimum absolute atomic E-state index is 0.00116. The fourth-order valence-electron chi connectivity index (χ4n) is 3.05. The fourth-order valence-corrected chi connectivity index (χ4v) is 3.05. The molecule has 5 rings (SSSR count). The second kappa shape index (κ2) is 8.37. The Labute approximate surface area is 157 Å². The number of fused-ring (bicyclic) bond motifs is 1. The van der Waals surface area contributed by atoms with Gasteiger partial charge in [0.1, 0.15) is 18.3 Å². The molecule has 0 bridgehead atoms. The van der Waals surface area contributed by atoms with Crippen LogP contribution in [0.2, 0.25) is 0 Å². The maximum atomic E-state index is 10.6. The summed E-state index contributed by atoms with van der Waals surface area (Å²) in [7, 11) is 0. The van der Waals surface area contributed by atoms with E-state index in [0.717, 1.165) is 6.61 Å². The number of benzene rings is 1. The Morgan fingerprint density at radius 1 is 0.852 bits per heavy atom. The van der Waals surface area contributed by atoms with Crippen LogP contribution in [0.25, 0.3) is 0 Å². The van der Waals surface area contributed by atoms with Crippen LogP contribution < -0.4 is 0 Å². The van der Waals surface area contributed by atoms with Gasteiger partial charge in [-0.15, -0.1) is 0 Å². The van der Waals surface area contributed by atoms with Crippen molar-refractivity contribution in [2.24, 2.45) is 0 Å². The van der Waals surface area contributed by atoms with Gasteiger partial charge in [-0.05, 0) is 29.5 Å². The summed E-state index contributed by atoms with van der Waals surface area (Å²) >= 11 is 0. The monoisotopic (exact) mass is 376 g/mol. The van der Waals surface area contributed by atoms with Gasteiger partial charge in [0.05, 0.1) is 45.9 Å². The first-order valence-corrected chi connectivity index (χ1v) is 9.42. The van der Waals surface area contributed by atoms with Crippen molar-refractivity contribution in [1.29, 1.82) is 0 Å². The van der Waals surface area contributed by atoms with Gasteiger partial charge in [0.15, 0.2) is 0 Å². The number of rotatable bonds is 8. The highest BCUT2D eigenvalue weighted by molar-refractivity contribution is 5.75. The predicted octanol–water partition coefficient (Wildman–Crippen LogP) is 1.33. The molecule has 4 aliphatic rings. The summed E-state index contributed by atoms with van der Waals surface area (Å²) in [6, 6.07) is 6.51. The van der Waals surface area contributed by atoms with Crippen molar-refractivity contribution in [2.75, 3.05) is 26.4 Å². The molecular formula is C20H24O7. The van der Waals surface area contributed by atoms with Crippen LogP contribution in [0.1, 0.15) is 29.5 Å². The third-order valence-corrected chi connectivity index (χ3v) is 4.90. The van der Waals surface area contributed by atoms with Gasteiger partial charge >= 0.3 is 11.9 Å². The smallest absolute Gasteiger partial charge is 0.310 e. The number of hydrogen-bond acceptors (Lipinski definition) is 7. The lowest BCUT2D eigenvalue weighted by molar-refractivity contribution is -0.176. The van der Waals surface area contributed by atoms with E-state index in [9.17, 15) is 9.59 Å². The summed E-state index contributed by atoms with van der Waals surface area (Å²) in [4.78, 5) is 20.9. The number of aryl methyl sites for hydroxylation is 2. The van der Waals surface area contributed by atoms with Crippen LogP contribution in [-0.2, 0) is 52.7 Å². The van der Waals surface area contributed by atoms with Crippen LogP contribution in [0.4, 0.5) is 0 Å². The molecular weight excluding hydrogens is 352 g/mol. The molecule has 7 nitrogen and oxygen atoms in total. The maximum absolute atomic E-state index is 10.6. The lowest BCUT2D eigenvalue weighted by Gasteiger charge is -2.25. The predicted molar refractivity (Wildman–Crippen MR) is 93.1 cm³/mol. The molecule has 3 heterocycles.